The summed E-state index contributed by atoms with van der Waals surface area (Å²) in [6, 6.07) is 15.9. The molecule has 1 aliphatic heterocycles. The van der Waals surface area contributed by atoms with Gasteiger partial charge in [-0.2, -0.15) is 0 Å². The predicted octanol–water partition coefficient (Wildman–Crippen LogP) is 6.64. The highest BCUT2D eigenvalue weighted by Crippen LogP contribution is 2.45. The van der Waals surface area contributed by atoms with Crippen molar-refractivity contribution < 1.29 is 24.2 Å². The first kappa shape index (κ1) is 25.1. The molecule has 188 valence electrons. The number of hydrogen-bond acceptors (Lipinski definition) is 7. The zero-order valence-electron chi connectivity index (χ0n) is 19.7. The summed E-state index contributed by atoms with van der Waals surface area (Å²) in [6.07, 6.45) is 0. The molecule has 0 radical (unpaired) electrons. The molecule has 0 bridgehead atoms. The third kappa shape index (κ3) is 4.52. The van der Waals surface area contributed by atoms with Gasteiger partial charge in [-0.1, -0.05) is 52.7 Å². The van der Waals surface area contributed by atoms with Crippen LogP contribution in [0.15, 0.2) is 66.2 Å². The van der Waals surface area contributed by atoms with E-state index in [1.54, 1.807) is 67.8 Å². The van der Waals surface area contributed by atoms with E-state index < -0.39 is 17.7 Å². The minimum atomic E-state index is -0.993. The Morgan fingerprint density at radius 3 is 2.59 bits per heavy atom. The van der Waals surface area contributed by atoms with Crippen LogP contribution in [0.25, 0.3) is 16.0 Å². The number of fused-ring (bicyclic) bond motifs is 1. The zero-order chi connectivity index (χ0) is 26.3. The molecule has 1 saturated heterocycles. The van der Waals surface area contributed by atoms with Gasteiger partial charge in [-0.15, -0.1) is 0 Å². The Hall–Kier alpha value is -3.59. The van der Waals surface area contributed by atoms with E-state index in [4.69, 9.17) is 32.7 Å². The number of aliphatic hydroxyl groups is 1. The molecule has 1 aromatic heterocycles. The number of rotatable bonds is 6. The van der Waals surface area contributed by atoms with Gasteiger partial charge in [0, 0.05) is 5.56 Å². The zero-order valence-corrected chi connectivity index (χ0v) is 22.0. The van der Waals surface area contributed by atoms with Gasteiger partial charge in [0.2, 0.25) is 0 Å². The molecule has 4 aromatic rings. The Morgan fingerprint density at radius 2 is 1.86 bits per heavy atom. The van der Waals surface area contributed by atoms with Crippen molar-refractivity contribution in [3.8, 4) is 11.5 Å². The average molecular weight is 555 g/mol. The third-order valence-electron chi connectivity index (χ3n) is 5.91. The number of anilines is 1. The number of carbonyl (C=O) groups is 2. The molecule has 37 heavy (non-hydrogen) atoms. The fraction of sp³-hybridized carbons (Fsp3) is 0.148. The van der Waals surface area contributed by atoms with Crippen molar-refractivity contribution in [1.29, 1.82) is 0 Å². The maximum atomic E-state index is 13.4. The fourth-order valence-electron chi connectivity index (χ4n) is 4.21. The van der Waals surface area contributed by atoms with Gasteiger partial charge in [-0.3, -0.25) is 14.5 Å². The number of methoxy groups -OCH3 is 1. The van der Waals surface area contributed by atoms with E-state index in [1.807, 2.05) is 6.92 Å². The number of nitrogens with zero attached hydrogens (tertiary/aromatic N) is 2. The second-order valence-corrected chi connectivity index (χ2v) is 9.96. The van der Waals surface area contributed by atoms with Crippen LogP contribution >= 0.6 is 34.5 Å². The molecule has 1 atom stereocenters. The normalized spacial score (nSPS) is 17.0. The largest absolute Gasteiger partial charge is 0.507 e. The number of aliphatic hydroxyl groups excluding tert-OH is 1. The highest BCUT2D eigenvalue weighted by atomic mass is 35.5. The minimum Gasteiger partial charge on any atom is -0.507 e. The Kier molecular flexibility index (Phi) is 6.81. The van der Waals surface area contributed by atoms with Crippen LogP contribution in [0.2, 0.25) is 10.0 Å². The Bertz CT molecular complexity index is 1580. The summed E-state index contributed by atoms with van der Waals surface area (Å²) in [5.41, 5.74) is 1.38. The number of halogens is 2. The van der Waals surface area contributed by atoms with Gasteiger partial charge in [0.05, 0.1) is 45.6 Å². The van der Waals surface area contributed by atoms with Crippen LogP contribution in [0.1, 0.15) is 24.1 Å². The van der Waals surface area contributed by atoms with E-state index in [1.165, 1.54) is 16.2 Å². The topological polar surface area (TPSA) is 89.0 Å². The van der Waals surface area contributed by atoms with Crippen LogP contribution < -0.4 is 14.4 Å². The minimum absolute atomic E-state index is 0.0890. The van der Waals surface area contributed by atoms with E-state index in [2.05, 4.69) is 4.98 Å². The summed E-state index contributed by atoms with van der Waals surface area (Å²) in [4.78, 5) is 32.8. The number of amides is 1. The van der Waals surface area contributed by atoms with Gasteiger partial charge in [-0.25, -0.2) is 4.98 Å². The SMILES string of the molecule is CCOc1cccc(/C(O)=C2\C(=O)C(=O)N(c3nc4ccc(OC)cc4s3)C2c2ccc(Cl)c(Cl)c2)c1. The van der Waals surface area contributed by atoms with Crippen LogP contribution in [0.3, 0.4) is 0 Å². The molecule has 5 rings (SSSR count). The van der Waals surface area contributed by atoms with Gasteiger partial charge in [0.25, 0.3) is 5.78 Å². The molecule has 7 nitrogen and oxygen atoms in total. The van der Waals surface area contributed by atoms with E-state index in [-0.39, 0.29) is 16.4 Å². The number of carbonyl (C=O) groups excluding carboxylic acids is 2. The first-order valence-electron chi connectivity index (χ1n) is 11.3. The first-order chi connectivity index (χ1) is 17.8. The van der Waals surface area contributed by atoms with Crippen molar-refractivity contribution >= 4 is 67.3 Å². The number of thiazole rings is 1. The molecular weight excluding hydrogens is 535 g/mol. The second-order valence-electron chi connectivity index (χ2n) is 8.13. The maximum absolute atomic E-state index is 13.4. The van der Waals surface area contributed by atoms with E-state index in [0.29, 0.717) is 44.9 Å². The summed E-state index contributed by atoms with van der Waals surface area (Å²) in [5.74, 6) is -0.829. The quantitative estimate of drug-likeness (QED) is 0.163. The molecule has 1 N–H and O–H groups in total. The van der Waals surface area contributed by atoms with E-state index in [9.17, 15) is 14.7 Å². The van der Waals surface area contributed by atoms with Crippen LogP contribution in [-0.4, -0.2) is 35.5 Å². The molecule has 2 heterocycles. The van der Waals surface area contributed by atoms with Gasteiger partial charge in [0.15, 0.2) is 5.13 Å². The van der Waals surface area contributed by atoms with Gasteiger partial charge in [0.1, 0.15) is 17.3 Å². The highest BCUT2D eigenvalue weighted by Gasteiger charge is 2.48. The lowest BCUT2D eigenvalue weighted by Crippen LogP contribution is -2.29. The number of Topliss-reactive ketones (excluding diaryl/α,β-unsaturated/α-hetero) is 1. The van der Waals surface area contributed by atoms with Gasteiger partial charge < -0.3 is 14.6 Å². The Labute approximate surface area is 226 Å². The van der Waals surface area contributed by atoms with Gasteiger partial charge >= 0.3 is 5.91 Å². The van der Waals surface area contributed by atoms with Crippen molar-refractivity contribution in [3.63, 3.8) is 0 Å². The van der Waals surface area contributed by atoms with Crippen molar-refractivity contribution in [3.05, 3.63) is 87.4 Å². The Balaban J connectivity index is 1.72. The molecule has 0 aliphatic carbocycles. The average Bonchev–Trinajstić information content (AvgIpc) is 3.43. The number of hydrogen-bond donors (Lipinski definition) is 1. The summed E-state index contributed by atoms with van der Waals surface area (Å²) in [7, 11) is 1.56. The number of aromatic nitrogens is 1. The molecule has 0 spiro atoms. The highest BCUT2D eigenvalue weighted by molar-refractivity contribution is 7.22. The molecule has 1 amide bonds. The lowest BCUT2D eigenvalue weighted by atomic mass is 9.95. The molecule has 10 heteroatoms. The van der Waals surface area contributed by atoms with Crippen LogP contribution in [0.5, 0.6) is 11.5 Å². The number of ketones is 1. The van der Waals surface area contributed by atoms with Crippen LogP contribution in [0.4, 0.5) is 5.13 Å². The van der Waals surface area contributed by atoms with Crippen LogP contribution in [0, 0.1) is 0 Å². The summed E-state index contributed by atoms with van der Waals surface area (Å²) in [5, 5.41) is 12.2. The monoisotopic (exact) mass is 554 g/mol. The smallest absolute Gasteiger partial charge is 0.301 e. The number of benzene rings is 3. The molecule has 3 aromatic carbocycles. The fourth-order valence-corrected chi connectivity index (χ4v) is 5.53. The van der Waals surface area contributed by atoms with Crippen molar-refractivity contribution in [2.75, 3.05) is 18.6 Å². The molecule has 1 aliphatic rings. The Morgan fingerprint density at radius 1 is 1.05 bits per heavy atom. The molecule has 1 unspecified atom stereocenters. The number of ether oxygens (including phenoxy) is 2. The molecule has 1 fully saturated rings. The predicted molar refractivity (Wildman–Crippen MR) is 145 cm³/mol. The van der Waals surface area contributed by atoms with Gasteiger partial charge in [-0.05, 0) is 55.0 Å². The molecule has 0 saturated carbocycles. The molecular formula is C27H20Cl2N2O5S. The van der Waals surface area contributed by atoms with E-state index >= 15 is 0 Å². The summed E-state index contributed by atoms with van der Waals surface area (Å²) in [6.45, 7) is 2.27. The van der Waals surface area contributed by atoms with Crippen molar-refractivity contribution in [1.82, 2.24) is 4.98 Å². The third-order valence-corrected chi connectivity index (χ3v) is 7.67. The summed E-state index contributed by atoms with van der Waals surface area (Å²) >= 11 is 13.7. The van der Waals surface area contributed by atoms with E-state index in [0.717, 1.165) is 4.70 Å². The van der Waals surface area contributed by atoms with Crippen molar-refractivity contribution in [2.24, 2.45) is 0 Å². The van der Waals surface area contributed by atoms with Crippen molar-refractivity contribution in [2.45, 2.75) is 13.0 Å². The lowest BCUT2D eigenvalue weighted by molar-refractivity contribution is -0.132. The first-order valence-corrected chi connectivity index (χ1v) is 12.8. The van der Waals surface area contributed by atoms with Crippen LogP contribution in [-0.2, 0) is 9.59 Å². The summed E-state index contributed by atoms with van der Waals surface area (Å²) < 4.78 is 11.6. The standard InChI is InChI=1S/C27H20Cl2N2O5S/c1-3-36-17-6-4-5-15(11-17)24(32)22-23(14-7-9-18(28)19(29)12-14)31(26(34)25(22)33)27-30-20-10-8-16(35-2)13-21(20)37-27/h4-13,23,32H,3H2,1-2H3/b24-22+. The second kappa shape index (κ2) is 10.0. The lowest BCUT2D eigenvalue weighted by Gasteiger charge is -2.23. The maximum Gasteiger partial charge on any atom is 0.301 e.